The first-order valence-electron chi connectivity index (χ1n) is 5.71. The van der Waals surface area contributed by atoms with Crippen LogP contribution in [0.2, 0.25) is 0 Å². The van der Waals surface area contributed by atoms with Crippen molar-refractivity contribution >= 4 is 37.0 Å². The van der Waals surface area contributed by atoms with Crippen molar-refractivity contribution in [1.82, 2.24) is 8.96 Å². The van der Waals surface area contributed by atoms with Crippen molar-refractivity contribution in [2.24, 2.45) is 5.92 Å². The van der Waals surface area contributed by atoms with Crippen LogP contribution in [0, 0.1) is 5.92 Å². The van der Waals surface area contributed by atoms with E-state index in [9.17, 15) is 8.42 Å². The van der Waals surface area contributed by atoms with Crippen molar-refractivity contribution in [2.45, 2.75) is 26.0 Å². The highest BCUT2D eigenvalue weighted by atomic mass is 79.9. The highest BCUT2D eigenvalue weighted by molar-refractivity contribution is 9.10. The number of hydrogen-bond acceptors (Lipinski definition) is 3. The lowest BCUT2D eigenvalue weighted by molar-refractivity contribution is 0.539. The van der Waals surface area contributed by atoms with E-state index in [4.69, 9.17) is 0 Å². The molecule has 0 N–H and O–H groups in total. The van der Waals surface area contributed by atoms with E-state index >= 15 is 0 Å². The Morgan fingerprint density at radius 2 is 1.94 bits per heavy atom. The van der Waals surface area contributed by atoms with Crippen molar-refractivity contribution in [3.05, 3.63) is 29.0 Å². The molecule has 2 heterocycles. The normalized spacial score (nSPS) is 14.3. The summed E-state index contributed by atoms with van der Waals surface area (Å²) in [4.78, 5) is 4.16. The summed E-state index contributed by atoms with van der Waals surface area (Å²) in [6.45, 7) is 5.53. The smallest absolute Gasteiger partial charge is 0.237 e. The maximum atomic E-state index is 12.5. The molecule has 0 aliphatic carbocycles. The van der Waals surface area contributed by atoms with Crippen molar-refractivity contribution in [1.29, 1.82) is 0 Å². The average Bonchev–Trinajstić information content (AvgIpc) is 2.73. The van der Waals surface area contributed by atoms with Gasteiger partial charge in [0, 0.05) is 22.3 Å². The molecular formula is C12H15BrN2O2S. The van der Waals surface area contributed by atoms with E-state index in [2.05, 4.69) is 20.9 Å². The third kappa shape index (κ3) is 2.07. The molecule has 0 spiro atoms. The average molecular weight is 331 g/mol. The molecule has 0 bridgehead atoms. The lowest BCUT2D eigenvalue weighted by atomic mass is 10.2. The minimum atomic E-state index is -3.40. The zero-order chi connectivity index (χ0) is 13.5. The third-order valence-electron chi connectivity index (χ3n) is 3.18. The van der Waals surface area contributed by atoms with Crippen LogP contribution in [0.4, 0.5) is 0 Å². The van der Waals surface area contributed by atoms with Gasteiger partial charge in [0.05, 0.1) is 5.25 Å². The van der Waals surface area contributed by atoms with Gasteiger partial charge in [-0.2, -0.15) is 0 Å². The summed E-state index contributed by atoms with van der Waals surface area (Å²) in [5.41, 5.74) is 0.469. The molecule has 4 nitrogen and oxygen atoms in total. The zero-order valence-electron chi connectivity index (χ0n) is 10.5. The molecular weight excluding hydrogens is 316 g/mol. The second-order valence-electron chi connectivity index (χ2n) is 4.64. The molecule has 0 aromatic carbocycles. The molecule has 0 amide bonds. The molecule has 0 saturated heterocycles. The Morgan fingerprint density at radius 3 is 2.56 bits per heavy atom. The second kappa shape index (κ2) is 4.66. The number of halogens is 1. The molecule has 2 rings (SSSR count). The van der Waals surface area contributed by atoms with E-state index in [1.165, 1.54) is 3.97 Å². The summed E-state index contributed by atoms with van der Waals surface area (Å²) in [5, 5.41) is 0.353. The summed E-state index contributed by atoms with van der Waals surface area (Å²) in [7, 11) is -3.40. The van der Waals surface area contributed by atoms with E-state index < -0.39 is 15.3 Å². The second-order valence-corrected chi connectivity index (χ2v) is 7.66. The summed E-state index contributed by atoms with van der Waals surface area (Å²) < 4.78 is 27.1. The SMILES string of the molecule is CC(C)[C@H](C)S(=O)(=O)n1ccc2c(Br)ccnc21. The van der Waals surface area contributed by atoms with Gasteiger partial charge in [0.1, 0.15) is 0 Å². The Bertz CT molecular complexity index is 676. The maximum absolute atomic E-state index is 12.5. The third-order valence-corrected chi connectivity index (χ3v) is 6.20. The lowest BCUT2D eigenvalue weighted by Crippen LogP contribution is -2.28. The Morgan fingerprint density at radius 1 is 1.28 bits per heavy atom. The number of hydrogen-bond donors (Lipinski definition) is 0. The molecule has 2 aromatic heterocycles. The van der Waals surface area contributed by atoms with Gasteiger partial charge in [-0.05, 0) is 40.9 Å². The van der Waals surface area contributed by atoms with E-state index in [0.717, 1.165) is 9.86 Å². The van der Waals surface area contributed by atoms with Crippen molar-refractivity contribution in [3.63, 3.8) is 0 Å². The van der Waals surface area contributed by atoms with Gasteiger partial charge >= 0.3 is 0 Å². The number of pyridine rings is 1. The van der Waals surface area contributed by atoms with Crippen LogP contribution in [0.15, 0.2) is 29.0 Å². The van der Waals surface area contributed by atoms with Crippen LogP contribution in [-0.4, -0.2) is 22.6 Å². The minimum absolute atomic E-state index is 0.0552. The van der Waals surface area contributed by atoms with Gasteiger partial charge in [-0.3, -0.25) is 0 Å². The largest absolute Gasteiger partial charge is 0.243 e. The van der Waals surface area contributed by atoms with Gasteiger partial charge in [0.15, 0.2) is 5.65 Å². The van der Waals surface area contributed by atoms with Crippen LogP contribution < -0.4 is 0 Å². The van der Waals surface area contributed by atoms with Crippen LogP contribution in [0.1, 0.15) is 20.8 Å². The van der Waals surface area contributed by atoms with E-state index in [1.807, 2.05) is 13.8 Å². The number of rotatable bonds is 3. The first-order valence-corrected chi connectivity index (χ1v) is 8.01. The molecule has 6 heteroatoms. The monoisotopic (exact) mass is 330 g/mol. The molecule has 98 valence electrons. The molecule has 1 atom stereocenters. The Hall–Kier alpha value is -0.880. The molecule has 18 heavy (non-hydrogen) atoms. The molecule has 0 saturated carbocycles. The Balaban J connectivity index is 2.66. The van der Waals surface area contributed by atoms with Crippen LogP contribution in [0.3, 0.4) is 0 Å². The van der Waals surface area contributed by atoms with E-state index in [-0.39, 0.29) is 5.92 Å². The summed E-state index contributed by atoms with van der Waals surface area (Å²) >= 11 is 3.39. The fourth-order valence-electron chi connectivity index (χ4n) is 1.71. The fraction of sp³-hybridized carbons (Fsp3) is 0.417. The number of fused-ring (bicyclic) bond motifs is 1. The van der Waals surface area contributed by atoms with Gasteiger partial charge in [0.2, 0.25) is 10.0 Å². The minimum Gasteiger partial charge on any atom is -0.237 e. The van der Waals surface area contributed by atoms with Gasteiger partial charge in [-0.1, -0.05) is 13.8 Å². The molecule has 0 fully saturated rings. The summed E-state index contributed by atoms with van der Waals surface area (Å²) in [6, 6.07) is 3.56. The molecule has 0 unspecified atom stereocenters. The zero-order valence-corrected chi connectivity index (χ0v) is 12.9. The first kappa shape index (κ1) is 13.5. The highest BCUT2D eigenvalue weighted by Crippen LogP contribution is 2.26. The predicted octanol–water partition coefficient (Wildman–Crippen LogP) is 3.02. The van der Waals surface area contributed by atoms with Crippen molar-refractivity contribution < 1.29 is 8.42 Å². The quantitative estimate of drug-likeness (QED) is 0.869. The maximum Gasteiger partial charge on any atom is 0.243 e. The number of nitrogens with zero attached hydrogens (tertiary/aromatic N) is 2. The molecule has 0 aliphatic rings. The number of aromatic nitrogens is 2. The van der Waals surface area contributed by atoms with Gasteiger partial charge in [-0.25, -0.2) is 17.4 Å². The molecule has 2 aromatic rings. The van der Waals surface area contributed by atoms with Crippen LogP contribution in [0.5, 0.6) is 0 Å². The molecule has 0 radical (unpaired) electrons. The van der Waals surface area contributed by atoms with Crippen molar-refractivity contribution in [2.75, 3.05) is 0 Å². The summed E-state index contributed by atoms with van der Waals surface area (Å²) in [6.07, 6.45) is 3.16. The highest BCUT2D eigenvalue weighted by Gasteiger charge is 2.27. The van der Waals surface area contributed by atoms with Crippen molar-refractivity contribution in [3.8, 4) is 0 Å². The fourth-order valence-corrected chi connectivity index (χ4v) is 3.80. The Labute approximate surface area is 115 Å². The van der Waals surface area contributed by atoms with Gasteiger partial charge in [-0.15, -0.1) is 0 Å². The van der Waals surface area contributed by atoms with E-state index in [0.29, 0.717) is 5.65 Å². The topological polar surface area (TPSA) is 52.0 Å². The first-order chi connectivity index (χ1) is 8.35. The van der Waals surface area contributed by atoms with E-state index in [1.54, 1.807) is 31.5 Å². The molecule has 0 aliphatic heterocycles. The van der Waals surface area contributed by atoms with Gasteiger partial charge in [0.25, 0.3) is 0 Å². The summed E-state index contributed by atoms with van der Waals surface area (Å²) in [5.74, 6) is 0.0552. The standard InChI is InChI=1S/C12H15BrN2O2S/c1-8(2)9(3)18(16,17)15-7-5-10-11(13)4-6-14-12(10)15/h4-9H,1-3H3/t9-/m0/s1. The predicted molar refractivity (Wildman–Crippen MR) is 76.1 cm³/mol. The van der Waals surface area contributed by atoms with Crippen LogP contribution >= 0.6 is 15.9 Å². The van der Waals surface area contributed by atoms with Crippen LogP contribution in [-0.2, 0) is 10.0 Å². The van der Waals surface area contributed by atoms with Crippen LogP contribution in [0.25, 0.3) is 11.0 Å². The lowest BCUT2D eigenvalue weighted by Gasteiger charge is -2.17. The van der Waals surface area contributed by atoms with Gasteiger partial charge < -0.3 is 0 Å². The Kier molecular flexibility index (Phi) is 3.51.